The fraction of sp³-hybridized carbons (Fsp3) is 0.357. The molecule has 19 heavy (non-hydrogen) atoms. The maximum Gasteiger partial charge on any atom is 0.303 e. The van der Waals surface area contributed by atoms with E-state index in [1.165, 1.54) is 6.07 Å². The molecule has 1 unspecified atom stereocenters. The third-order valence-corrected chi connectivity index (χ3v) is 4.03. The number of hydrogen-bond donors (Lipinski definition) is 2. The van der Waals surface area contributed by atoms with Crippen LogP contribution < -0.4 is 0 Å². The average Bonchev–Trinajstić information content (AvgIpc) is 2.69. The maximum absolute atomic E-state index is 14.0. The molecule has 2 N–H and O–H groups in total. The van der Waals surface area contributed by atoms with Gasteiger partial charge in [-0.2, -0.15) is 0 Å². The zero-order valence-corrected chi connectivity index (χ0v) is 12.3. The summed E-state index contributed by atoms with van der Waals surface area (Å²) in [6, 6.07) is 3.09. The highest BCUT2D eigenvalue weighted by molar-refractivity contribution is 9.10. The highest BCUT2D eigenvalue weighted by Gasteiger charge is 2.20. The van der Waals surface area contributed by atoms with E-state index < -0.39 is 5.97 Å². The second kappa shape index (κ2) is 5.33. The molecule has 0 spiro atoms. The van der Waals surface area contributed by atoms with Crippen molar-refractivity contribution in [1.82, 2.24) is 4.98 Å². The van der Waals surface area contributed by atoms with Crippen LogP contribution in [-0.4, -0.2) is 16.1 Å². The number of hydrogen-bond acceptors (Lipinski definition) is 1. The molecule has 0 aliphatic rings. The molecule has 1 aromatic carbocycles. The maximum atomic E-state index is 14.0. The van der Waals surface area contributed by atoms with E-state index in [1.54, 1.807) is 6.07 Å². The van der Waals surface area contributed by atoms with Crippen molar-refractivity contribution >= 4 is 32.8 Å². The molecule has 2 rings (SSSR count). The topological polar surface area (TPSA) is 53.1 Å². The van der Waals surface area contributed by atoms with Crippen molar-refractivity contribution in [3.8, 4) is 0 Å². The van der Waals surface area contributed by atoms with E-state index in [2.05, 4.69) is 20.9 Å². The van der Waals surface area contributed by atoms with Crippen LogP contribution in [0.15, 0.2) is 16.6 Å². The zero-order chi connectivity index (χ0) is 14.2. The number of halogens is 2. The highest BCUT2D eigenvalue weighted by atomic mass is 79.9. The Morgan fingerprint density at radius 3 is 2.84 bits per heavy atom. The third kappa shape index (κ3) is 2.66. The number of rotatable bonds is 4. The van der Waals surface area contributed by atoms with Crippen LogP contribution in [0.4, 0.5) is 4.39 Å². The summed E-state index contributed by atoms with van der Waals surface area (Å²) in [6.07, 6.45) is 0.581. The number of nitrogens with one attached hydrogen (secondary N) is 1. The molecule has 1 aromatic heterocycles. The minimum Gasteiger partial charge on any atom is -0.481 e. The number of aromatic amines is 1. The molecule has 0 saturated heterocycles. The number of carboxylic acids is 1. The van der Waals surface area contributed by atoms with Crippen LogP contribution in [0, 0.1) is 12.7 Å². The van der Waals surface area contributed by atoms with Crippen molar-refractivity contribution in [2.45, 2.75) is 32.6 Å². The van der Waals surface area contributed by atoms with Gasteiger partial charge in [-0.05, 0) is 52.9 Å². The van der Waals surface area contributed by atoms with Crippen LogP contribution in [0.2, 0.25) is 0 Å². The SMILES string of the molecule is Cc1[nH]c2c(Br)ccc(F)c2c1C(C)CCC(=O)O. The Labute approximate surface area is 119 Å². The van der Waals surface area contributed by atoms with Gasteiger partial charge in [-0.15, -0.1) is 0 Å². The van der Waals surface area contributed by atoms with Crippen molar-refractivity contribution in [2.24, 2.45) is 0 Å². The van der Waals surface area contributed by atoms with Gasteiger partial charge in [0.2, 0.25) is 0 Å². The number of benzene rings is 1. The van der Waals surface area contributed by atoms with E-state index in [4.69, 9.17) is 5.11 Å². The number of carbonyl (C=O) groups is 1. The van der Waals surface area contributed by atoms with Crippen LogP contribution in [0.1, 0.15) is 36.9 Å². The van der Waals surface area contributed by atoms with Crippen molar-refractivity contribution in [3.05, 3.63) is 33.7 Å². The van der Waals surface area contributed by atoms with Gasteiger partial charge in [0.25, 0.3) is 0 Å². The van der Waals surface area contributed by atoms with Crippen LogP contribution in [0.3, 0.4) is 0 Å². The Balaban J connectivity index is 2.50. The predicted molar refractivity (Wildman–Crippen MR) is 76.0 cm³/mol. The fourth-order valence-corrected chi connectivity index (χ4v) is 2.91. The Bertz CT molecular complexity index is 636. The second-order valence-corrected chi connectivity index (χ2v) is 5.63. The van der Waals surface area contributed by atoms with E-state index in [-0.39, 0.29) is 18.2 Å². The monoisotopic (exact) mass is 327 g/mol. The smallest absolute Gasteiger partial charge is 0.303 e. The molecular weight excluding hydrogens is 313 g/mol. The molecule has 0 aliphatic carbocycles. The number of aromatic nitrogens is 1. The first-order valence-corrected chi connectivity index (χ1v) is 6.89. The van der Waals surface area contributed by atoms with Gasteiger partial charge in [0, 0.05) is 22.0 Å². The van der Waals surface area contributed by atoms with Crippen LogP contribution in [0.5, 0.6) is 0 Å². The lowest BCUT2D eigenvalue weighted by atomic mass is 9.93. The third-order valence-electron chi connectivity index (χ3n) is 3.37. The summed E-state index contributed by atoms with van der Waals surface area (Å²) in [5.74, 6) is -1.11. The summed E-state index contributed by atoms with van der Waals surface area (Å²) in [5.41, 5.74) is 2.49. The Morgan fingerprint density at radius 2 is 2.21 bits per heavy atom. The molecule has 0 bridgehead atoms. The second-order valence-electron chi connectivity index (χ2n) is 4.78. The summed E-state index contributed by atoms with van der Waals surface area (Å²) >= 11 is 3.40. The number of H-pyrrole nitrogens is 1. The van der Waals surface area contributed by atoms with E-state index in [0.29, 0.717) is 11.8 Å². The molecular formula is C14H15BrFNO2. The summed E-state index contributed by atoms with van der Waals surface area (Å²) in [5, 5.41) is 9.31. The summed E-state index contributed by atoms with van der Waals surface area (Å²) in [6.45, 7) is 3.82. The molecule has 102 valence electrons. The molecule has 0 saturated carbocycles. The lowest BCUT2D eigenvalue weighted by Crippen LogP contribution is -2.01. The predicted octanol–water partition coefficient (Wildman–Crippen LogP) is 4.35. The van der Waals surface area contributed by atoms with E-state index in [9.17, 15) is 9.18 Å². The van der Waals surface area contributed by atoms with Gasteiger partial charge in [-0.1, -0.05) is 6.92 Å². The molecule has 1 atom stereocenters. The van der Waals surface area contributed by atoms with Gasteiger partial charge >= 0.3 is 5.97 Å². The Kier molecular flexibility index (Phi) is 3.94. The molecule has 0 aliphatic heterocycles. The molecule has 0 amide bonds. The number of fused-ring (bicyclic) bond motifs is 1. The fourth-order valence-electron chi connectivity index (χ4n) is 2.48. The minimum absolute atomic E-state index is 0.00588. The van der Waals surface area contributed by atoms with Crippen LogP contribution >= 0.6 is 15.9 Å². The largest absolute Gasteiger partial charge is 0.481 e. The van der Waals surface area contributed by atoms with Gasteiger partial charge in [-0.3, -0.25) is 4.79 Å². The summed E-state index contributed by atoms with van der Waals surface area (Å²) in [7, 11) is 0. The van der Waals surface area contributed by atoms with E-state index in [1.807, 2.05) is 13.8 Å². The summed E-state index contributed by atoms with van der Waals surface area (Å²) in [4.78, 5) is 13.8. The zero-order valence-electron chi connectivity index (χ0n) is 10.8. The van der Waals surface area contributed by atoms with Gasteiger partial charge in [0.1, 0.15) is 5.82 Å². The van der Waals surface area contributed by atoms with Gasteiger partial charge in [0.15, 0.2) is 0 Å². The Hall–Kier alpha value is -1.36. The minimum atomic E-state index is -0.828. The van der Waals surface area contributed by atoms with E-state index >= 15 is 0 Å². The summed E-state index contributed by atoms with van der Waals surface area (Å²) < 4.78 is 14.9. The Morgan fingerprint density at radius 1 is 1.53 bits per heavy atom. The average molecular weight is 328 g/mol. The molecule has 1 heterocycles. The van der Waals surface area contributed by atoms with Crippen molar-refractivity contribution < 1.29 is 14.3 Å². The van der Waals surface area contributed by atoms with Gasteiger partial charge in [-0.25, -0.2) is 4.39 Å². The van der Waals surface area contributed by atoms with Crippen molar-refractivity contribution in [1.29, 1.82) is 0 Å². The van der Waals surface area contributed by atoms with Crippen molar-refractivity contribution in [2.75, 3.05) is 0 Å². The lowest BCUT2D eigenvalue weighted by molar-refractivity contribution is -0.137. The molecule has 5 heteroatoms. The highest BCUT2D eigenvalue weighted by Crippen LogP contribution is 2.36. The number of aliphatic carboxylic acids is 1. The van der Waals surface area contributed by atoms with Crippen LogP contribution in [0.25, 0.3) is 10.9 Å². The normalized spacial score (nSPS) is 12.8. The number of aryl methyl sites for hydroxylation is 1. The first-order chi connectivity index (χ1) is 8.91. The molecule has 2 aromatic rings. The lowest BCUT2D eigenvalue weighted by Gasteiger charge is -2.11. The van der Waals surface area contributed by atoms with Crippen molar-refractivity contribution in [3.63, 3.8) is 0 Å². The van der Waals surface area contributed by atoms with E-state index in [0.717, 1.165) is 21.2 Å². The quantitative estimate of drug-likeness (QED) is 0.877. The van der Waals surface area contributed by atoms with Crippen LogP contribution in [-0.2, 0) is 4.79 Å². The molecule has 0 radical (unpaired) electrons. The first-order valence-electron chi connectivity index (χ1n) is 6.09. The van der Waals surface area contributed by atoms with Gasteiger partial charge in [0.05, 0.1) is 5.52 Å². The van der Waals surface area contributed by atoms with Gasteiger partial charge < -0.3 is 10.1 Å². The first kappa shape index (κ1) is 14.1. The molecule has 3 nitrogen and oxygen atoms in total. The molecule has 0 fully saturated rings. The number of carboxylic acid groups (broad SMARTS) is 1. The standard InChI is InChI=1S/C14H15BrFNO2/c1-7(3-6-11(18)19)12-8(2)17-14-9(15)4-5-10(16)13(12)14/h4-5,7,17H,3,6H2,1-2H3,(H,18,19).